The molecule has 144 valence electrons. The molecule has 0 saturated heterocycles. The fraction of sp³-hybridized carbons (Fsp3) is 0.227. The maximum absolute atomic E-state index is 12.3. The number of nitrogens with one attached hydrogen (secondary N) is 1. The number of aromatic hydroxyl groups is 1. The van der Waals surface area contributed by atoms with Crippen molar-refractivity contribution in [3.05, 3.63) is 59.9 Å². The number of carboxylic acids is 1. The molecule has 6 nitrogen and oxygen atoms in total. The molecular formula is C22H22N2O4. The summed E-state index contributed by atoms with van der Waals surface area (Å²) in [5, 5.41) is 24.2. The Kier molecular flexibility index (Phi) is 5.05. The number of aryl methyl sites for hydroxylation is 1. The van der Waals surface area contributed by atoms with Crippen LogP contribution in [0.5, 0.6) is 5.75 Å². The molecular weight excluding hydrogens is 356 g/mol. The van der Waals surface area contributed by atoms with Crippen molar-refractivity contribution < 1.29 is 19.8 Å². The number of benzene rings is 2. The molecule has 0 unspecified atom stereocenters. The fourth-order valence-electron chi connectivity index (χ4n) is 2.98. The van der Waals surface area contributed by atoms with Gasteiger partial charge in [-0.3, -0.25) is 9.59 Å². The fourth-order valence-corrected chi connectivity index (χ4v) is 2.98. The number of pyridine rings is 1. The highest BCUT2D eigenvalue weighted by Gasteiger charge is 2.28. The summed E-state index contributed by atoms with van der Waals surface area (Å²) < 4.78 is 0. The quantitative estimate of drug-likeness (QED) is 0.628. The van der Waals surface area contributed by atoms with Crippen molar-refractivity contribution in [2.75, 3.05) is 6.54 Å². The van der Waals surface area contributed by atoms with Crippen molar-refractivity contribution in [2.24, 2.45) is 5.41 Å². The van der Waals surface area contributed by atoms with Crippen LogP contribution in [0.1, 0.15) is 29.9 Å². The second kappa shape index (κ2) is 7.31. The van der Waals surface area contributed by atoms with E-state index >= 15 is 0 Å². The molecule has 0 saturated carbocycles. The first-order valence-electron chi connectivity index (χ1n) is 8.90. The molecule has 0 spiro atoms. The first-order valence-corrected chi connectivity index (χ1v) is 8.90. The van der Waals surface area contributed by atoms with Gasteiger partial charge in [-0.05, 0) is 48.7 Å². The van der Waals surface area contributed by atoms with Crippen LogP contribution in [0.25, 0.3) is 21.9 Å². The average Bonchev–Trinajstić information content (AvgIpc) is 2.66. The van der Waals surface area contributed by atoms with Gasteiger partial charge in [0.25, 0.3) is 5.91 Å². The van der Waals surface area contributed by atoms with Gasteiger partial charge in [0.15, 0.2) is 5.69 Å². The SMILES string of the molecule is Cc1c(-c2cnc(C(=O)NCC(C)(C)C(=O)O)c(O)c2)ccc2ccccc12. The van der Waals surface area contributed by atoms with E-state index in [1.165, 1.54) is 26.1 Å². The second-order valence-electron chi connectivity index (χ2n) is 7.42. The van der Waals surface area contributed by atoms with Crippen molar-refractivity contribution in [1.29, 1.82) is 0 Å². The van der Waals surface area contributed by atoms with Crippen LogP contribution < -0.4 is 5.32 Å². The second-order valence-corrected chi connectivity index (χ2v) is 7.42. The van der Waals surface area contributed by atoms with Gasteiger partial charge in [-0.15, -0.1) is 0 Å². The van der Waals surface area contributed by atoms with Crippen molar-refractivity contribution in [3.8, 4) is 16.9 Å². The van der Waals surface area contributed by atoms with E-state index < -0.39 is 17.3 Å². The zero-order valence-electron chi connectivity index (χ0n) is 16.0. The Hall–Kier alpha value is -3.41. The molecule has 28 heavy (non-hydrogen) atoms. The van der Waals surface area contributed by atoms with Gasteiger partial charge in [-0.1, -0.05) is 36.4 Å². The van der Waals surface area contributed by atoms with Crippen LogP contribution in [0.4, 0.5) is 0 Å². The smallest absolute Gasteiger partial charge is 0.310 e. The Morgan fingerprint density at radius 2 is 1.86 bits per heavy atom. The molecule has 1 amide bonds. The third-order valence-electron chi connectivity index (χ3n) is 4.86. The Morgan fingerprint density at radius 3 is 2.54 bits per heavy atom. The van der Waals surface area contributed by atoms with Gasteiger partial charge in [0.1, 0.15) is 5.75 Å². The van der Waals surface area contributed by atoms with Crippen LogP contribution in [-0.4, -0.2) is 33.6 Å². The number of hydrogen-bond acceptors (Lipinski definition) is 4. The van der Waals surface area contributed by atoms with Gasteiger partial charge in [-0.2, -0.15) is 0 Å². The molecule has 3 aromatic rings. The minimum atomic E-state index is -1.12. The van der Waals surface area contributed by atoms with Crippen LogP contribution in [0, 0.1) is 12.3 Å². The molecule has 0 bridgehead atoms. The van der Waals surface area contributed by atoms with Crippen LogP contribution in [0.2, 0.25) is 0 Å². The number of nitrogens with zero attached hydrogens (tertiary/aromatic N) is 1. The van der Waals surface area contributed by atoms with E-state index in [2.05, 4.69) is 10.3 Å². The normalized spacial score (nSPS) is 11.4. The van der Waals surface area contributed by atoms with Gasteiger partial charge in [0.2, 0.25) is 0 Å². The lowest BCUT2D eigenvalue weighted by Crippen LogP contribution is -2.39. The predicted molar refractivity (Wildman–Crippen MR) is 107 cm³/mol. The number of rotatable bonds is 5. The Bertz CT molecular complexity index is 1070. The number of carbonyl (C=O) groups excluding carboxylic acids is 1. The molecule has 2 aromatic carbocycles. The first-order chi connectivity index (χ1) is 13.2. The van der Waals surface area contributed by atoms with E-state index in [-0.39, 0.29) is 18.0 Å². The molecule has 0 aliphatic heterocycles. The summed E-state index contributed by atoms with van der Waals surface area (Å²) in [7, 11) is 0. The lowest BCUT2D eigenvalue weighted by Gasteiger charge is -2.19. The average molecular weight is 378 g/mol. The monoisotopic (exact) mass is 378 g/mol. The third-order valence-corrected chi connectivity index (χ3v) is 4.86. The number of carbonyl (C=O) groups is 2. The van der Waals surface area contributed by atoms with Gasteiger partial charge in [-0.25, -0.2) is 4.98 Å². The summed E-state index contributed by atoms with van der Waals surface area (Å²) in [6, 6.07) is 13.5. The van der Waals surface area contributed by atoms with Gasteiger partial charge in [0, 0.05) is 18.3 Å². The minimum absolute atomic E-state index is 0.0756. The predicted octanol–water partition coefficient (Wildman–Crippen LogP) is 3.76. The van der Waals surface area contributed by atoms with E-state index in [1.54, 1.807) is 0 Å². The van der Waals surface area contributed by atoms with Gasteiger partial charge >= 0.3 is 5.97 Å². The first kappa shape index (κ1) is 19.4. The number of aromatic nitrogens is 1. The number of amides is 1. The lowest BCUT2D eigenvalue weighted by molar-refractivity contribution is -0.146. The standard InChI is InChI=1S/C22H22N2O4/c1-13-16-7-5-4-6-14(16)8-9-17(13)15-10-18(25)19(23-11-15)20(26)24-12-22(2,3)21(27)28/h4-11,25H,12H2,1-3H3,(H,24,26)(H,27,28). The molecule has 3 rings (SSSR count). The molecule has 0 aliphatic rings. The third kappa shape index (κ3) is 3.67. The lowest BCUT2D eigenvalue weighted by atomic mass is 9.94. The maximum atomic E-state index is 12.3. The molecule has 0 atom stereocenters. The summed E-state index contributed by atoms with van der Waals surface area (Å²) in [5.41, 5.74) is 1.42. The molecule has 0 fully saturated rings. The van der Waals surface area contributed by atoms with Crippen LogP contribution in [0.3, 0.4) is 0 Å². The Balaban J connectivity index is 1.88. The van der Waals surface area contributed by atoms with Crippen molar-refractivity contribution in [2.45, 2.75) is 20.8 Å². The summed E-state index contributed by atoms with van der Waals surface area (Å²) in [6.07, 6.45) is 1.54. The Morgan fingerprint density at radius 1 is 1.14 bits per heavy atom. The molecule has 3 N–H and O–H groups in total. The minimum Gasteiger partial charge on any atom is -0.505 e. The number of fused-ring (bicyclic) bond motifs is 1. The van der Waals surface area contributed by atoms with E-state index in [0.717, 1.165) is 21.9 Å². The molecule has 0 aliphatic carbocycles. The van der Waals surface area contributed by atoms with Crippen molar-refractivity contribution >= 4 is 22.6 Å². The number of hydrogen-bond donors (Lipinski definition) is 3. The van der Waals surface area contributed by atoms with Crippen LogP contribution in [0.15, 0.2) is 48.7 Å². The van der Waals surface area contributed by atoms with Crippen molar-refractivity contribution in [3.63, 3.8) is 0 Å². The van der Waals surface area contributed by atoms with E-state index in [0.29, 0.717) is 5.56 Å². The largest absolute Gasteiger partial charge is 0.505 e. The highest BCUT2D eigenvalue weighted by Crippen LogP contribution is 2.31. The summed E-state index contributed by atoms with van der Waals surface area (Å²) in [6.45, 7) is 4.94. The van der Waals surface area contributed by atoms with Crippen molar-refractivity contribution in [1.82, 2.24) is 10.3 Å². The highest BCUT2D eigenvalue weighted by molar-refractivity contribution is 5.96. The molecule has 1 heterocycles. The summed E-state index contributed by atoms with van der Waals surface area (Å²) in [4.78, 5) is 27.6. The molecule has 6 heteroatoms. The summed E-state index contributed by atoms with van der Waals surface area (Å²) >= 11 is 0. The zero-order chi connectivity index (χ0) is 20.5. The topological polar surface area (TPSA) is 99.5 Å². The number of carboxylic acid groups (broad SMARTS) is 1. The van der Waals surface area contributed by atoms with Gasteiger partial charge in [0.05, 0.1) is 5.41 Å². The van der Waals surface area contributed by atoms with E-state index in [1.807, 2.05) is 43.3 Å². The van der Waals surface area contributed by atoms with E-state index in [9.17, 15) is 14.7 Å². The van der Waals surface area contributed by atoms with Crippen LogP contribution in [-0.2, 0) is 4.79 Å². The highest BCUT2D eigenvalue weighted by atomic mass is 16.4. The maximum Gasteiger partial charge on any atom is 0.310 e. The summed E-state index contributed by atoms with van der Waals surface area (Å²) in [5.74, 6) is -1.89. The zero-order valence-corrected chi connectivity index (χ0v) is 16.0. The molecule has 1 aromatic heterocycles. The number of aliphatic carboxylic acids is 1. The van der Waals surface area contributed by atoms with Crippen LogP contribution >= 0.6 is 0 Å². The Labute approximate surface area is 162 Å². The van der Waals surface area contributed by atoms with Gasteiger partial charge < -0.3 is 15.5 Å². The molecule has 0 radical (unpaired) electrons. The van der Waals surface area contributed by atoms with E-state index in [4.69, 9.17) is 5.11 Å².